The van der Waals surface area contributed by atoms with E-state index in [0.29, 0.717) is 0 Å². The Bertz CT molecular complexity index is 1210. The number of alkyl halides is 1. The molecule has 0 bridgehead atoms. The Balaban J connectivity index is 2.62. The Labute approximate surface area is 253 Å². The molecular weight excluding hydrogens is 612 g/mol. The molecule has 0 saturated carbocycles. The average Bonchev–Trinajstić information content (AvgIpc) is 2.89. The summed E-state index contributed by atoms with van der Waals surface area (Å²) in [5, 5.41) is 2.41. The van der Waals surface area contributed by atoms with Gasteiger partial charge in [0.1, 0.15) is 24.5 Å². The number of para-hydroxylation sites is 1. The molecule has 0 spiro atoms. The summed E-state index contributed by atoms with van der Waals surface area (Å²) in [6.45, 7) is 7.56. The fraction of sp³-hybridized carbons (Fsp3) is 0.593. The van der Waals surface area contributed by atoms with E-state index in [0.717, 1.165) is 27.7 Å². The van der Waals surface area contributed by atoms with Gasteiger partial charge in [0.2, 0.25) is 6.29 Å². The molecule has 1 aliphatic rings. The Morgan fingerprint density at radius 3 is 1.93 bits per heavy atom. The van der Waals surface area contributed by atoms with Crippen molar-refractivity contribution in [3.8, 4) is 5.75 Å². The van der Waals surface area contributed by atoms with Gasteiger partial charge < -0.3 is 32.9 Å². The van der Waals surface area contributed by atoms with Crippen LogP contribution < -0.4 is 9.61 Å². The van der Waals surface area contributed by atoms with E-state index >= 15 is 4.39 Å². The molecule has 0 amide bonds. The summed E-state index contributed by atoms with van der Waals surface area (Å²) in [7, 11) is -4.76. The monoisotopic (exact) mass is 649 g/mol. The van der Waals surface area contributed by atoms with Crippen LogP contribution in [0.2, 0.25) is 0 Å². The minimum atomic E-state index is -4.76. The van der Waals surface area contributed by atoms with Crippen molar-refractivity contribution in [3.63, 3.8) is 0 Å². The van der Waals surface area contributed by atoms with E-state index in [1.54, 1.807) is 32.0 Å². The van der Waals surface area contributed by atoms with Crippen LogP contribution in [0.25, 0.3) is 0 Å². The van der Waals surface area contributed by atoms with E-state index < -0.39 is 93.2 Å². The lowest BCUT2D eigenvalue weighted by atomic mass is 9.95. The van der Waals surface area contributed by atoms with Gasteiger partial charge in [0.05, 0.1) is 6.10 Å². The third-order valence-corrected chi connectivity index (χ3v) is 7.15. The third kappa shape index (κ3) is 11.5. The number of hydrogen-bond donors (Lipinski definition) is 1. The molecule has 1 fully saturated rings. The zero-order chi connectivity index (χ0) is 33.2. The lowest BCUT2D eigenvalue weighted by Gasteiger charge is -2.45. The molecule has 15 nitrogen and oxygen atoms in total. The van der Waals surface area contributed by atoms with Crippen molar-refractivity contribution < 1.29 is 70.4 Å². The van der Waals surface area contributed by atoms with Gasteiger partial charge in [-0.1, -0.05) is 18.2 Å². The molecule has 0 aromatic heterocycles. The van der Waals surface area contributed by atoms with Crippen molar-refractivity contribution in [1.29, 1.82) is 0 Å². The van der Waals surface area contributed by atoms with Crippen LogP contribution in [0.1, 0.15) is 48.5 Å². The number of benzene rings is 1. The lowest BCUT2D eigenvalue weighted by Crippen LogP contribution is -2.64. The predicted octanol–water partition coefficient (Wildman–Crippen LogP) is 2.54. The topological polar surface area (TPSA) is 188 Å². The van der Waals surface area contributed by atoms with E-state index in [2.05, 4.69) is 5.09 Å². The maximum atomic E-state index is 15.6. The van der Waals surface area contributed by atoms with E-state index in [-0.39, 0.29) is 5.75 Å². The fourth-order valence-electron chi connectivity index (χ4n) is 3.93. The molecule has 8 atom stereocenters. The van der Waals surface area contributed by atoms with Gasteiger partial charge in [-0.15, -0.1) is 0 Å². The van der Waals surface area contributed by atoms with Gasteiger partial charge in [-0.2, -0.15) is 5.09 Å². The van der Waals surface area contributed by atoms with Crippen LogP contribution in [-0.4, -0.2) is 85.5 Å². The number of rotatable bonds is 14. The highest BCUT2D eigenvalue weighted by molar-refractivity contribution is 7.52. The first-order chi connectivity index (χ1) is 20.5. The first-order valence-corrected chi connectivity index (χ1v) is 15.0. The normalized spacial score (nSPS) is 24.2. The summed E-state index contributed by atoms with van der Waals surface area (Å²) >= 11 is 0. The minimum Gasteiger partial charge on any atom is -0.463 e. The number of halogens is 1. The van der Waals surface area contributed by atoms with Crippen LogP contribution in [0.4, 0.5) is 4.39 Å². The second kappa shape index (κ2) is 16.5. The van der Waals surface area contributed by atoms with Gasteiger partial charge in [-0.3, -0.25) is 28.5 Å². The van der Waals surface area contributed by atoms with Gasteiger partial charge >= 0.3 is 37.6 Å². The smallest absolute Gasteiger partial charge is 0.461 e. The fourth-order valence-corrected chi connectivity index (χ4v) is 5.51. The molecule has 0 radical (unpaired) electrons. The summed E-state index contributed by atoms with van der Waals surface area (Å²) in [5.41, 5.74) is 0. The molecule has 3 unspecified atom stereocenters. The van der Waals surface area contributed by atoms with Gasteiger partial charge in [-0.25, -0.2) is 8.96 Å². The van der Waals surface area contributed by atoms with Gasteiger partial charge in [0, 0.05) is 27.7 Å². The van der Waals surface area contributed by atoms with Gasteiger partial charge in [0.25, 0.3) is 0 Å². The number of nitrogens with one attached hydrogen (secondary N) is 1. The van der Waals surface area contributed by atoms with E-state index in [4.69, 9.17) is 37.5 Å². The molecule has 1 N–H and O–H groups in total. The molecule has 0 aliphatic carbocycles. The molecule has 2 rings (SSSR count). The Kier molecular flexibility index (Phi) is 13.7. The quantitative estimate of drug-likeness (QED) is 0.176. The molecule has 1 heterocycles. The second-order valence-electron chi connectivity index (χ2n) is 9.85. The van der Waals surface area contributed by atoms with Crippen molar-refractivity contribution in [2.75, 3.05) is 6.61 Å². The summed E-state index contributed by atoms with van der Waals surface area (Å²) < 4.78 is 72.5. The summed E-state index contributed by atoms with van der Waals surface area (Å²) in [6, 6.07) is 6.26. The van der Waals surface area contributed by atoms with Crippen LogP contribution in [0.5, 0.6) is 5.75 Å². The Morgan fingerprint density at radius 2 is 1.41 bits per heavy atom. The van der Waals surface area contributed by atoms with Crippen molar-refractivity contribution in [2.45, 2.75) is 97.5 Å². The average molecular weight is 650 g/mol. The predicted molar refractivity (Wildman–Crippen MR) is 146 cm³/mol. The SMILES string of the molecule is CC(=O)OC[C@H](F)C1O[C@@H](OP(=O)(N[C@@H](C)C(=O)OC(C)C)Oc2ccccc2)[C@H](OC(C)=O)C(OC(C)=O)[C@@H]1OC(C)=O. The van der Waals surface area contributed by atoms with E-state index in [1.165, 1.54) is 19.1 Å². The number of hydrogen-bond acceptors (Lipinski definition) is 14. The molecule has 1 aromatic rings. The highest BCUT2D eigenvalue weighted by Gasteiger charge is 2.57. The number of carbonyl (C=O) groups excluding carboxylic acids is 5. The minimum absolute atomic E-state index is 0.00305. The molecule has 44 heavy (non-hydrogen) atoms. The molecule has 1 aromatic carbocycles. The molecular formula is C27H37FNO14P. The van der Waals surface area contributed by atoms with Crippen molar-refractivity contribution >= 4 is 37.6 Å². The third-order valence-electron chi connectivity index (χ3n) is 5.51. The maximum Gasteiger partial charge on any atom is 0.461 e. The van der Waals surface area contributed by atoms with E-state index in [1.807, 2.05) is 0 Å². The number of esters is 5. The maximum absolute atomic E-state index is 15.6. The molecule has 1 aliphatic heterocycles. The summed E-state index contributed by atoms with van der Waals surface area (Å²) in [5.74, 6) is -4.58. The molecule has 17 heteroatoms. The van der Waals surface area contributed by atoms with Crippen LogP contribution >= 0.6 is 7.75 Å². The van der Waals surface area contributed by atoms with Crippen LogP contribution in [0, 0.1) is 0 Å². The molecule has 246 valence electrons. The van der Waals surface area contributed by atoms with Crippen molar-refractivity contribution in [1.82, 2.24) is 5.09 Å². The zero-order valence-electron chi connectivity index (χ0n) is 25.3. The van der Waals surface area contributed by atoms with Crippen LogP contribution in [-0.2, 0) is 61.5 Å². The first kappa shape index (κ1) is 36.6. The van der Waals surface area contributed by atoms with Gasteiger partial charge in [-0.05, 0) is 32.9 Å². The highest BCUT2D eigenvalue weighted by atomic mass is 31.2. The van der Waals surface area contributed by atoms with Gasteiger partial charge in [0.15, 0.2) is 24.5 Å². The second-order valence-corrected chi connectivity index (χ2v) is 11.5. The van der Waals surface area contributed by atoms with Crippen LogP contribution in [0.15, 0.2) is 30.3 Å². The number of ether oxygens (including phenoxy) is 6. The Morgan fingerprint density at radius 1 is 0.864 bits per heavy atom. The Hall–Kier alpha value is -3.59. The van der Waals surface area contributed by atoms with Crippen molar-refractivity contribution in [2.24, 2.45) is 0 Å². The zero-order valence-corrected chi connectivity index (χ0v) is 26.1. The lowest BCUT2D eigenvalue weighted by molar-refractivity contribution is -0.295. The highest BCUT2D eigenvalue weighted by Crippen LogP contribution is 2.48. The summed E-state index contributed by atoms with van der Waals surface area (Å²) in [4.78, 5) is 60.2. The summed E-state index contributed by atoms with van der Waals surface area (Å²) in [6.07, 6.45) is -12.1. The standard InChI is InChI=1S/C27H37FNO14P/c1-14(2)37-26(34)15(3)29-44(35,42-20-11-9-8-10-12-20)43-27-25(40-19(7)33)24(39-18(6)32)23(38-17(5)31)22(41-27)21(28)13-36-16(4)30/h8-12,14-15,21-25,27H,13H2,1-7H3,(H,29,35)/t15-,21-,22?,23+,24?,25+,27-,44?/m0/s1. The van der Waals surface area contributed by atoms with Crippen molar-refractivity contribution in [3.05, 3.63) is 30.3 Å². The first-order valence-electron chi connectivity index (χ1n) is 13.5. The van der Waals surface area contributed by atoms with Crippen LogP contribution in [0.3, 0.4) is 0 Å². The largest absolute Gasteiger partial charge is 0.463 e. The molecule has 1 saturated heterocycles. The number of carbonyl (C=O) groups is 5. The van der Waals surface area contributed by atoms with E-state index in [9.17, 15) is 28.5 Å².